The van der Waals surface area contributed by atoms with Gasteiger partial charge in [0.25, 0.3) is 0 Å². The van der Waals surface area contributed by atoms with Crippen LogP contribution in [0.1, 0.15) is 80.1 Å². The Labute approximate surface area is 190 Å². The predicted octanol–water partition coefficient (Wildman–Crippen LogP) is 4.44. The average molecular weight is 451 g/mol. The lowest BCUT2D eigenvalue weighted by Gasteiger charge is -2.63. The van der Waals surface area contributed by atoms with Gasteiger partial charge in [-0.25, -0.2) is 19.6 Å². The van der Waals surface area contributed by atoms with Gasteiger partial charge in [0.15, 0.2) is 5.60 Å². The van der Waals surface area contributed by atoms with Crippen LogP contribution in [0.25, 0.3) is 0 Å². The maximum absolute atomic E-state index is 11.9. The van der Waals surface area contributed by atoms with Gasteiger partial charge in [-0.05, 0) is 83.8 Å². The van der Waals surface area contributed by atoms with Crippen LogP contribution in [0.5, 0.6) is 0 Å². The zero-order valence-electron chi connectivity index (χ0n) is 20.5. The van der Waals surface area contributed by atoms with Gasteiger partial charge in [0.1, 0.15) is 22.9 Å². The Morgan fingerprint density at radius 2 is 1.88 bits per heavy atom. The Morgan fingerprint density at radius 1 is 1.12 bits per heavy atom. The summed E-state index contributed by atoms with van der Waals surface area (Å²) in [7, 11) is 1.40. The molecule has 4 aliphatic heterocycles. The van der Waals surface area contributed by atoms with E-state index in [9.17, 15) is 4.79 Å². The first-order chi connectivity index (χ1) is 14.9. The van der Waals surface area contributed by atoms with E-state index in [1.165, 1.54) is 12.7 Å². The molecule has 0 aromatic heterocycles. The Bertz CT molecular complexity index is 820. The highest BCUT2D eigenvalue weighted by atomic mass is 17.2. The Morgan fingerprint density at radius 3 is 2.47 bits per heavy atom. The maximum atomic E-state index is 11.9. The van der Waals surface area contributed by atoms with E-state index in [1.54, 1.807) is 0 Å². The molecule has 180 valence electrons. The van der Waals surface area contributed by atoms with Crippen molar-refractivity contribution in [2.45, 2.75) is 115 Å². The molecule has 7 nitrogen and oxygen atoms in total. The number of carbonyl (C=O) groups is 1. The molecule has 7 heteroatoms. The van der Waals surface area contributed by atoms with Gasteiger partial charge in [-0.15, -0.1) is 0 Å². The zero-order valence-corrected chi connectivity index (χ0v) is 20.5. The van der Waals surface area contributed by atoms with Crippen molar-refractivity contribution in [3.63, 3.8) is 0 Å². The highest BCUT2D eigenvalue weighted by Crippen LogP contribution is 2.69. The molecular formula is C25H38O7. The molecule has 3 saturated heterocycles. The van der Waals surface area contributed by atoms with Crippen molar-refractivity contribution in [2.24, 2.45) is 17.3 Å². The van der Waals surface area contributed by atoms with Crippen LogP contribution in [0.15, 0.2) is 11.6 Å². The van der Waals surface area contributed by atoms with Crippen LogP contribution in [0, 0.1) is 17.3 Å². The zero-order chi connectivity index (χ0) is 23.2. The first-order valence-electron chi connectivity index (χ1n) is 12.1. The smallest absolute Gasteiger partial charge is 0.311 e. The summed E-state index contributed by atoms with van der Waals surface area (Å²) in [6.45, 7) is 12.9. The minimum absolute atomic E-state index is 0.105. The van der Waals surface area contributed by atoms with Gasteiger partial charge >= 0.3 is 5.97 Å². The summed E-state index contributed by atoms with van der Waals surface area (Å²) in [5, 5.41) is 0. The molecule has 9 atom stereocenters. The fourth-order valence-electron chi connectivity index (χ4n) is 7.06. The Balaban J connectivity index is 1.41. The summed E-state index contributed by atoms with van der Waals surface area (Å²) in [6.07, 6.45) is 6.95. The molecule has 2 aliphatic carbocycles. The molecule has 4 fully saturated rings. The molecule has 0 aromatic carbocycles. The summed E-state index contributed by atoms with van der Waals surface area (Å²) < 4.78 is 11.9. The summed E-state index contributed by atoms with van der Waals surface area (Å²) in [5.74, 6) is -0.222. The molecule has 2 unspecified atom stereocenters. The molecule has 4 heterocycles. The van der Waals surface area contributed by atoms with Crippen molar-refractivity contribution in [1.29, 1.82) is 0 Å². The van der Waals surface area contributed by atoms with Gasteiger partial charge in [-0.2, -0.15) is 0 Å². The second-order valence-corrected chi connectivity index (χ2v) is 11.7. The van der Waals surface area contributed by atoms with Crippen molar-refractivity contribution in [3.05, 3.63) is 11.6 Å². The monoisotopic (exact) mass is 450 g/mol. The second kappa shape index (κ2) is 7.01. The Hall–Kier alpha value is -0.990. The number of esters is 1. The number of hydrogen-bond acceptors (Lipinski definition) is 7. The summed E-state index contributed by atoms with van der Waals surface area (Å²) in [4.78, 5) is 35.9. The largest absolute Gasteiger partial charge is 0.469 e. The average Bonchev–Trinajstić information content (AvgIpc) is 3.08. The number of hydrogen-bond donors (Lipinski definition) is 0. The minimum atomic E-state index is -0.603. The van der Waals surface area contributed by atoms with Gasteiger partial charge < -0.3 is 9.47 Å². The topological polar surface area (TPSA) is 72.5 Å². The molecule has 0 radical (unpaired) electrons. The molecule has 1 saturated carbocycles. The quantitative estimate of drug-likeness (QED) is 0.358. The lowest BCUT2D eigenvalue weighted by atomic mass is 9.49. The highest BCUT2D eigenvalue weighted by molar-refractivity contribution is 5.72. The van der Waals surface area contributed by atoms with E-state index in [0.717, 1.165) is 32.1 Å². The van der Waals surface area contributed by atoms with Gasteiger partial charge in [0.05, 0.1) is 19.1 Å². The first kappa shape index (κ1) is 22.8. The number of methoxy groups -OCH3 is 1. The number of fused-ring (bicyclic) bond motifs is 3. The summed E-state index contributed by atoms with van der Waals surface area (Å²) in [6, 6.07) is 0. The highest BCUT2D eigenvalue weighted by Gasteiger charge is 2.75. The minimum Gasteiger partial charge on any atom is -0.469 e. The molecule has 6 rings (SSSR count). The molecule has 6 aliphatic rings. The van der Waals surface area contributed by atoms with Gasteiger partial charge in [-0.1, -0.05) is 13.8 Å². The van der Waals surface area contributed by atoms with Gasteiger partial charge in [0, 0.05) is 5.41 Å². The summed E-state index contributed by atoms with van der Waals surface area (Å²) in [5.41, 5.74) is -0.826. The second-order valence-electron chi connectivity index (χ2n) is 11.7. The number of ether oxygens (including phenoxy) is 2. The standard InChI is InChI=1S/C25H38O7/c1-15-12-17-13-21(3)10-11-25(17,32-30-21)24(6)22(15,4)14-19(28-24)23(5)9-8-18(29-31-23)16(2)20(26)27-7/h13,15-16,18-19H,8-12,14H2,1-7H3/t15-,16-,18-,19+,21?,22+,23-,24+,25?/m1/s1. The fourth-order valence-corrected chi connectivity index (χ4v) is 7.06. The van der Waals surface area contributed by atoms with Crippen LogP contribution in [0.2, 0.25) is 0 Å². The van der Waals surface area contributed by atoms with Crippen LogP contribution in [0.4, 0.5) is 0 Å². The molecule has 2 bridgehead atoms. The number of carbonyl (C=O) groups excluding carboxylic acids is 1. The Kier molecular flexibility index (Phi) is 4.99. The SMILES string of the molecule is COC(=O)[C@H](C)[C@H]1CC[C@](C)([C@@H]2C[C@@]3(C)[C@H](C)CC4=CC5(C)CCC4(OO5)[C@@]3(C)O2)OO1. The molecule has 0 amide bonds. The maximum Gasteiger partial charge on any atom is 0.311 e. The van der Waals surface area contributed by atoms with Crippen LogP contribution in [0.3, 0.4) is 0 Å². The van der Waals surface area contributed by atoms with Crippen molar-refractivity contribution in [1.82, 2.24) is 0 Å². The molecule has 32 heavy (non-hydrogen) atoms. The lowest BCUT2D eigenvalue weighted by molar-refractivity contribution is -0.467. The predicted molar refractivity (Wildman–Crippen MR) is 115 cm³/mol. The van der Waals surface area contributed by atoms with E-state index in [-0.39, 0.29) is 35.1 Å². The van der Waals surface area contributed by atoms with Gasteiger partial charge in [0.2, 0.25) is 0 Å². The van der Waals surface area contributed by atoms with Crippen molar-refractivity contribution in [2.75, 3.05) is 7.11 Å². The number of rotatable bonds is 3. The van der Waals surface area contributed by atoms with Crippen LogP contribution in [-0.4, -0.2) is 47.7 Å². The molecular weight excluding hydrogens is 412 g/mol. The van der Waals surface area contributed by atoms with E-state index in [0.29, 0.717) is 12.3 Å². The van der Waals surface area contributed by atoms with E-state index >= 15 is 0 Å². The third-order valence-corrected chi connectivity index (χ3v) is 9.91. The molecule has 0 N–H and O–H groups in total. The lowest BCUT2D eigenvalue weighted by Crippen LogP contribution is -2.71. The van der Waals surface area contributed by atoms with E-state index in [4.69, 9.17) is 29.0 Å². The van der Waals surface area contributed by atoms with Crippen molar-refractivity contribution in [3.8, 4) is 0 Å². The first-order valence-corrected chi connectivity index (χ1v) is 12.1. The van der Waals surface area contributed by atoms with E-state index in [2.05, 4.69) is 40.7 Å². The third kappa shape index (κ3) is 2.81. The summed E-state index contributed by atoms with van der Waals surface area (Å²) >= 11 is 0. The fraction of sp³-hybridized carbons (Fsp3) is 0.880. The van der Waals surface area contributed by atoms with E-state index < -0.39 is 16.8 Å². The van der Waals surface area contributed by atoms with Crippen molar-refractivity contribution >= 4 is 5.97 Å². The molecule has 0 aromatic rings. The molecule has 1 spiro atoms. The van der Waals surface area contributed by atoms with Crippen LogP contribution in [-0.2, 0) is 33.8 Å². The van der Waals surface area contributed by atoms with Crippen molar-refractivity contribution < 1.29 is 33.8 Å². The van der Waals surface area contributed by atoms with E-state index in [1.807, 2.05) is 6.92 Å². The van der Waals surface area contributed by atoms with Crippen LogP contribution >= 0.6 is 0 Å². The van der Waals surface area contributed by atoms with Gasteiger partial charge in [-0.3, -0.25) is 4.79 Å². The van der Waals surface area contributed by atoms with Crippen LogP contribution < -0.4 is 0 Å². The third-order valence-electron chi connectivity index (χ3n) is 9.91. The normalized spacial score (nSPS) is 53.2.